The fourth-order valence-electron chi connectivity index (χ4n) is 2.10. The first-order valence-electron chi connectivity index (χ1n) is 5.56. The topological polar surface area (TPSA) is 43.2 Å². The fourth-order valence-corrected chi connectivity index (χ4v) is 2.28. The number of hydrogen-bond donors (Lipinski definition) is 0. The van der Waals surface area contributed by atoms with E-state index in [-0.39, 0.29) is 0 Å². The predicted octanol–water partition coefficient (Wildman–Crippen LogP) is 1.46. The summed E-state index contributed by atoms with van der Waals surface area (Å²) in [7, 11) is 1.92. The second-order valence-electron chi connectivity index (χ2n) is 4.09. The molecular formula is C11H13ClN4O. The van der Waals surface area contributed by atoms with Gasteiger partial charge in [-0.25, -0.2) is 9.97 Å². The van der Waals surface area contributed by atoms with Gasteiger partial charge in [-0.3, -0.25) is 0 Å². The quantitative estimate of drug-likeness (QED) is 0.721. The van der Waals surface area contributed by atoms with E-state index < -0.39 is 0 Å². The highest BCUT2D eigenvalue weighted by atomic mass is 35.5. The van der Waals surface area contributed by atoms with Gasteiger partial charge in [0.05, 0.1) is 25.2 Å². The van der Waals surface area contributed by atoms with Gasteiger partial charge in [-0.1, -0.05) is 11.6 Å². The number of imidazole rings is 1. The molecule has 1 aliphatic heterocycles. The molecule has 0 aromatic carbocycles. The van der Waals surface area contributed by atoms with Crippen molar-refractivity contribution in [2.45, 2.75) is 0 Å². The monoisotopic (exact) mass is 252 g/mol. The molecule has 1 fully saturated rings. The normalized spacial score (nSPS) is 16.7. The van der Waals surface area contributed by atoms with Gasteiger partial charge in [0, 0.05) is 26.2 Å². The highest BCUT2D eigenvalue weighted by Crippen LogP contribution is 2.27. The number of anilines is 1. The second kappa shape index (κ2) is 4.16. The molecule has 0 N–H and O–H groups in total. The Labute approximate surface area is 104 Å². The minimum absolute atomic E-state index is 0.502. The number of fused-ring (bicyclic) bond motifs is 1. The van der Waals surface area contributed by atoms with Gasteiger partial charge in [-0.2, -0.15) is 0 Å². The Morgan fingerprint density at radius 1 is 1.35 bits per heavy atom. The lowest BCUT2D eigenvalue weighted by atomic mass is 10.3. The highest BCUT2D eigenvalue weighted by Gasteiger charge is 2.17. The average Bonchev–Trinajstić information content (AvgIpc) is 2.72. The van der Waals surface area contributed by atoms with Crippen LogP contribution in [0.2, 0.25) is 5.15 Å². The van der Waals surface area contributed by atoms with Gasteiger partial charge in [0.15, 0.2) is 5.65 Å². The number of hydrogen-bond acceptors (Lipinski definition) is 4. The summed E-state index contributed by atoms with van der Waals surface area (Å²) in [5, 5.41) is 0.502. The van der Waals surface area contributed by atoms with E-state index in [1.807, 2.05) is 17.7 Å². The van der Waals surface area contributed by atoms with Crippen LogP contribution in [-0.4, -0.2) is 40.8 Å². The molecular weight excluding hydrogens is 240 g/mol. The maximum Gasteiger partial charge on any atom is 0.163 e. The van der Waals surface area contributed by atoms with Crippen LogP contribution in [0.1, 0.15) is 0 Å². The van der Waals surface area contributed by atoms with E-state index in [1.165, 1.54) is 0 Å². The lowest BCUT2D eigenvalue weighted by Gasteiger charge is -2.28. The Kier molecular flexibility index (Phi) is 2.64. The molecule has 1 saturated heterocycles. The summed E-state index contributed by atoms with van der Waals surface area (Å²) in [5.41, 5.74) is 2.77. The minimum atomic E-state index is 0.502. The number of nitrogens with zero attached hydrogens (tertiary/aromatic N) is 4. The third kappa shape index (κ3) is 1.85. The molecule has 3 rings (SSSR count). The van der Waals surface area contributed by atoms with Crippen LogP contribution < -0.4 is 4.90 Å². The summed E-state index contributed by atoms with van der Waals surface area (Å²) in [6.07, 6.45) is 1.76. The number of pyridine rings is 1. The molecule has 1 aliphatic rings. The van der Waals surface area contributed by atoms with E-state index in [9.17, 15) is 0 Å². The molecule has 6 heteroatoms. The summed E-state index contributed by atoms with van der Waals surface area (Å²) in [4.78, 5) is 10.9. The molecule has 0 amide bonds. The molecule has 2 aromatic rings. The van der Waals surface area contributed by atoms with Crippen molar-refractivity contribution in [3.05, 3.63) is 17.5 Å². The second-order valence-corrected chi connectivity index (χ2v) is 4.48. The third-order valence-corrected chi connectivity index (χ3v) is 3.16. The first-order valence-corrected chi connectivity index (χ1v) is 5.94. The highest BCUT2D eigenvalue weighted by molar-refractivity contribution is 6.30. The van der Waals surface area contributed by atoms with Gasteiger partial charge in [0.25, 0.3) is 0 Å². The maximum atomic E-state index is 6.06. The van der Waals surface area contributed by atoms with Crippen molar-refractivity contribution < 1.29 is 4.74 Å². The Hall–Kier alpha value is -1.33. The smallest absolute Gasteiger partial charge is 0.163 e. The SMILES string of the molecule is Cn1cnc2c(N3CCOCC3)cc(Cl)nc21. The number of aryl methyl sites for hydroxylation is 1. The summed E-state index contributed by atoms with van der Waals surface area (Å²) in [6, 6.07) is 1.88. The number of ether oxygens (including phenoxy) is 1. The van der Waals surface area contributed by atoms with Crippen molar-refractivity contribution in [2.75, 3.05) is 31.2 Å². The van der Waals surface area contributed by atoms with Crippen molar-refractivity contribution >= 4 is 28.5 Å². The molecule has 0 radical (unpaired) electrons. The van der Waals surface area contributed by atoms with Gasteiger partial charge < -0.3 is 14.2 Å². The molecule has 3 heterocycles. The zero-order chi connectivity index (χ0) is 11.8. The van der Waals surface area contributed by atoms with Crippen LogP contribution in [-0.2, 0) is 11.8 Å². The number of rotatable bonds is 1. The standard InChI is InChI=1S/C11H13ClN4O/c1-15-7-13-10-8(6-9(12)14-11(10)15)16-2-4-17-5-3-16/h6-7H,2-5H2,1H3. The van der Waals surface area contributed by atoms with Crippen LogP contribution >= 0.6 is 11.6 Å². The van der Waals surface area contributed by atoms with E-state index >= 15 is 0 Å². The Morgan fingerprint density at radius 2 is 2.12 bits per heavy atom. The predicted molar refractivity (Wildman–Crippen MR) is 66.6 cm³/mol. The van der Waals surface area contributed by atoms with Crippen LogP contribution in [0.5, 0.6) is 0 Å². The Morgan fingerprint density at radius 3 is 2.88 bits per heavy atom. The average molecular weight is 253 g/mol. The number of aromatic nitrogens is 3. The summed E-state index contributed by atoms with van der Waals surface area (Å²) >= 11 is 6.06. The molecule has 17 heavy (non-hydrogen) atoms. The molecule has 0 atom stereocenters. The largest absolute Gasteiger partial charge is 0.378 e. The van der Waals surface area contributed by atoms with Crippen molar-refractivity contribution in [1.29, 1.82) is 0 Å². The maximum absolute atomic E-state index is 6.06. The van der Waals surface area contributed by atoms with Crippen molar-refractivity contribution in [3.63, 3.8) is 0 Å². The van der Waals surface area contributed by atoms with Gasteiger partial charge in [0.2, 0.25) is 0 Å². The lowest BCUT2D eigenvalue weighted by molar-refractivity contribution is 0.123. The first kappa shape index (κ1) is 10.8. The third-order valence-electron chi connectivity index (χ3n) is 2.97. The number of halogens is 1. The lowest BCUT2D eigenvalue weighted by Crippen LogP contribution is -2.36. The van der Waals surface area contributed by atoms with Crippen molar-refractivity contribution in [1.82, 2.24) is 14.5 Å². The zero-order valence-corrected chi connectivity index (χ0v) is 10.3. The van der Waals surface area contributed by atoms with E-state index in [0.29, 0.717) is 5.15 Å². The van der Waals surface area contributed by atoms with Crippen LogP contribution in [0.25, 0.3) is 11.2 Å². The van der Waals surface area contributed by atoms with Gasteiger partial charge in [-0.15, -0.1) is 0 Å². The van der Waals surface area contributed by atoms with Crippen LogP contribution in [0, 0.1) is 0 Å². The van der Waals surface area contributed by atoms with Gasteiger partial charge in [0.1, 0.15) is 10.7 Å². The Bertz CT molecular complexity index is 548. The summed E-state index contributed by atoms with van der Waals surface area (Å²) in [5.74, 6) is 0. The molecule has 0 spiro atoms. The van der Waals surface area contributed by atoms with E-state index in [0.717, 1.165) is 43.2 Å². The summed E-state index contributed by atoms with van der Waals surface area (Å²) < 4.78 is 7.23. The molecule has 0 bridgehead atoms. The zero-order valence-electron chi connectivity index (χ0n) is 9.56. The van der Waals surface area contributed by atoms with E-state index in [1.54, 1.807) is 6.33 Å². The fraction of sp³-hybridized carbons (Fsp3) is 0.455. The molecule has 0 saturated carbocycles. The number of morpholine rings is 1. The van der Waals surface area contributed by atoms with Crippen LogP contribution in [0.4, 0.5) is 5.69 Å². The minimum Gasteiger partial charge on any atom is -0.378 e. The first-order chi connectivity index (χ1) is 8.25. The Balaban J connectivity index is 2.13. The molecule has 5 nitrogen and oxygen atoms in total. The van der Waals surface area contributed by atoms with E-state index in [2.05, 4.69) is 14.9 Å². The molecule has 90 valence electrons. The van der Waals surface area contributed by atoms with Crippen LogP contribution in [0.15, 0.2) is 12.4 Å². The molecule has 2 aromatic heterocycles. The van der Waals surface area contributed by atoms with E-state index in [4.69, 9.17) is 16.3 Å². The van der Waals surface area contributed by atoms with Crippen molar-refractivity contribution in [2.24, 2.45) is 7.05 Å². The van der Waals surface area contributed by atoms with Crippen LogP contribution in [0.3, 0.4) is 0 Å². The summed E-state index contributed by atoms with van der Waals surface area (Å²) in [6.45, 7) is 3.22. The molecule has 0 unspecified atom stereocenters. The van der Waals surface area contributed by atoms with Crippen molar-refractivity contribution in [3.8, 4) is 0 Å². The molecule has 0 aliphatic carbocycles. The van der Waals surface area contributed by atoms with Gasteiger partial charge >= 0.3 is 0 Å². The van der Waals surface area contributed by atoms with Gasteiger partial charge in [-0.05, 0) is 0 Å².